The molecule has 1 aromatic carbocycles. The third kappa shape index (κ3) is 2.83. The highest BCUT2D eigenvalue weighted by molar-refractivity contribution is 5.90. The Morgan fingerprint density at radius 2 is 2.00 bits per heavy atom. The molecule has 8 nitrogen and oxygen atoms in total. The maximum Gasteiger partial charge on any atom is 0.293 e. The summed E-state index contributed by atoms with van der Waals surface area (Å²) in [5.74, 6) is 1.78. The van der Waals surface area contributed by atoms with E-state index in [1.165, 1.54) is 0 Å². The molecule has 0 bridgehead atoms. The van der Waals surface area contributed by atoms with Gasteiger partial charge < -0.3 is 14.4 Å². The number of aromatic nitrogens is 4. The molecule has 4 rings (SSSR count). The minimum atomic E-state index is -0.229. The van der Waals surface area contributed by atoms with Crippen LogP contribution in [0.2, 0.25) is 0 Å². The number of carbonyl (C=O) groups is 1. The Labute approximate surface area is 150 Å². The maximum absolute atomic E-state index is 12.9. The zero-order valence-corrected chi connectivity index (χ0v) is 14.9. The molecule has 0 spiro atoms. The molecule has 3 aromatic rings. The summed E-state index contributed by atoms with van der Waals surface area (Å²) in [7, 11) is 0. The van der Waals surface area contributed by atoms with Crippen LogP contribution in [-0.4, -0.2) is 43.7 Å². The quantitative estimate of drug-likeness (QED) is 0.715. The molecule has 8 heteroatoms. The highest BCUT2D eigenvalue weighted by Crippen LogP contribution is 2.32. The Kier molecular flexibility index (Phi) is 3.95. The Balaban J connectivity index is 1.60. The maximum atomic E-state index is 12.9. The van der Waals surface area contributed by atoms with Crippen molar-refractivity contribution < 1.29 is 14.3 Å². The summed E-state index contributed by atoms with van der Waals surface area (Å²) in [5, 5.41) is 4.33. The lowest BCUT2D eigenvalue weighted by molar-refractivity contribution is 0.0740. The van der Waals surface area contributed by atoms with Gasteiger partial charge in [0.1, 0.15) is 0 Å². The van der Waals surface area contributed by atoms with Crippen LogP contribution >= 0.6 is 0 Å². The number of aryl methyl sites for hydroxylation is 2. The van der Waals surface area contributed by atoms with Gasteiger partial charge in [0.2, 0.25) is 12.6 Å². The number of fused-ring (bicyclic) bond motifs is 2. The van der Waals surface area contributed by atoms with E-state index in [1.807, 2.05) is 45.0 Å². The average molecular weight is 353 g/mol. The molecule has 3 heterocycles. The molecule has 1 aliphatic rings. The molecule has 0 saturated carbocycles. The van der Waals surface area contributed by atoms with Crippen molar-refractivity contribution in [3.05, 3.63) is 47.0 Å². The van der Waals surface area contributed by atoms with Crippen molar-refractivity contribution in [1.82, 2.24) is 24.5 Å². The zero-order chi connectivity index (χ0) is 18.3. The Morgan fingerprint density at radius 1 is 1.19 bits per heavy atom. The van der Waals surface area contributed by atoms with Gasteiger partial charge in [0, 0.05) is 24.5 Å². The van der Waals surface area contributed by atoms with Gasteiger partial charge in [-0.05, 0) is 44.5 Å². The normalized spacial score (nSPS) is 12.6. The van der Waals surface area contributed by atoms with E-state index in [2.05, 4.69) is 15.1 Å². The summed E-state index contributed by atoms with van der Waals surface area (Å²) >= 11 is 0. The van der Waals surface area contributed by atoms with E-state index in [4.69, 9.17) is 9.47 Å². The largest absolute Gasteiger partial charge is 0.454 e. The molecule has 1 amide bonds. The van der Waals surface area contributed by atoms with Gasteiger partial charge in [-0.25, -0.2) is 9.50 Å². The lowest BCUT2D eigenvalue weighted by Crippen LogP contribution is -2.31. The monoisotopic (exact) mass is 353 g/mol. The molecular weight excluding hydrogens is 334 g/mol. The summed E-state index contributed by atoms with van der Waals surface area (Å²) in [5.41, 5.74) is 2.69. The van der Waals surface area contributed by atoms with Crippen LogP contribution in [0.5, 0.6) is 11.5 Å². The average Bonchev–Trinajstić information content (AvgIpc) is 3.25. The van der Waals surface area contributed by atoms with Crippen LogP contribution < -0.4 is 9.47 Å². The lowest BCUT2D eigenvalue weighted by atomic mass is 10.2. The van der Waals surface area contributed by atoms with Gasteiger partial charge >= 0.3 is 0 Å². The second kappa shape index (κ2) is 6.29. The molecule has 0 atom stereocenters. The van der Waals surface area contributed by atoms with Crippen LogP contribution in [0, 0.1) is 13.8 Å². The van der Waals surface area contributed by atoms with Crippen molar-refractivity contribution in [2.24, 2.45) is 0 Å². The first-order chi connectivity index (χ1) is 12.5. The fourth-order valence-electron chi connectivity index (χ4n) is 2.99. The molecule has 134 valence electrons. The first kappa shape index (κ1) is 16.3. The van der Waals surface area contributed by atoms with Crippen LogP contribution in [-0.2, 0) is 6.54 Å². The molecule has 0 saturated heterocycles. The fraction of sp³-hybridized carbons (Fsp3) is 0.333. The number of nitrogens with zero attached hydrogens (tertiary/aromatic N) is 5. The second-order valence-electron chi connectivity index (χ2n) is 6.19. The molecule has 0 unspecified atom stereocenters. The number of hydrogen-bond acceptors (Lipinski definition) is 6. The fourth-order valence-corrected chi connectivity index (χ4v) is 2.99. The van der Waals surface area contributed by atoms with Gasteiger partial charge in [0.25, 0.3) is 11.7 Å². The third-order valence-corrected chi connectivity index (χ3v) is 4.29. The molecule has 0 fully saturated rings. The molecule has 26 heavy (non-hydrogen) atoms. The van der Waals surface area contributed by atoms with E-state index < -0.39 is 0 Å². The van der Waals surface area contributed by atoms with Gasteiger partial charge in [-0.15, -0.1) is 5.10 Å². The summed E-state index contributed by atoms with van der Waals surface area (Å²) in [4.78, 5) is 23.2. The number of ether oxygens (including phenoxy) is 2. The number of rotatable bonds is 4. The van der Waals surface area contributed by atoms with Crippen molar-refractivity contribution in [3.63, 3.8) is 0 Å². The van der Waals surface area contributed by atoms with Gasteiger partial charge in [0.05, 0.1) is 0 Å². The second-order valence-corrected chi connectivity index (χ2v) is 6.19. The van der Waals surface area contributed by atoms with Crippen molar-refractivity contribution in [1.29, 1.82) is 0 Å². The summed E-state index contributed by atoms with van der Waals surface area (Å²) in [6.07, 6.45) is 0. The highest BCUT2D eigenvalue weighted by atomic mass is 16.7. The predicted octanol–water partition coefficient (Wildman–Crippen LogP) is 2.13. The van der Waals surface area contributed by atoms with E-state index in [0.29, 0.717) is 24.6 Å². The van der Waals surface area contributed by atoms with Crippen LogP contribution in [0.15, 0.2) is 24.3 Å². The Morgan fingerprint density at radius 3 is 2.81 bits per heavy atom. The van der Waals surface area contributed by atoms with Crippen LogP contribution in [0.4, 0.5) is 0 Å². The standard InChI is InChI=1S/C18H19N5O3/c1-4-22(9-13-5-6-14-15(8-13)26-10-25-14)17(24)16-20-18-19-11(2)7-12(3)23(18)21-16/h5-8H,4,9-10H2,1-3H3. The predicted molar refractivity (Wildman–Crippen MR) is 93.2 cm³/mol. The first-order valence-electron chi connectivity index (χ1n) is 8.44. The van der Waals surface area contributed by atoms with E-state index >= 15 is 0 Å². The number of carbonyl (C=O) groups excluding carboxylic acids is 1. The van der Waals surface area contributed by atoms with Crippen molar-refractivity contribution in [2.75, 3.05) is 13.3 Å². The number of amides is 1. The van der Waals surface area contributed by atoms with E-state index in [1.54, 1.807) is 9.42 Å². The minimum absolute atomic E-state index is 0.147. The van der Waals surface area contributed by atoms with Crippen molar-refractivity contribution in [2.45, 2.75) is 27.3 Å². The van der Waals surface area contributed by atoms with E-state index in [9.17, 15) is 4.79 Å². The number of hydrogen-bond donors (Lipinski definition) is 0. The number of benzene rings is 1. The lowest BCUT2D eigenvalue weighted by Gasteiger charge is -2.19. The van der Waals surface area contributed by atoms with Gasteiger partial charge in [0.15, 0.2) is 11.5 Å². The molecule has 0 aliphatic carbocycles. The summed E-state index contributed by atoms with van der Waals surface area (Å²) in [6, 6.07) is 7.58. The zero-order valence-electron chi connectivity index (χ0n) is 14.9. The van der Waals surface area contributed by atoms with Crippen molar-refractivity contribution >= 4 is 11.7 Å². The molecular formula is C18H19N5O3. The SMILES string of the molecule is CCN(Cc1ccc2c(c1)OCO2)C(=O)c1nc2nc(C)cc(C)n2n1. The van der Waals surface area contributed by atoms with E-state index in [0.717, 1.165) is 22.7 Å². The highest BCUT2D eigenvalue weighted by Gasteiger charge is 2.22. The van der Waals surface area contributed by atoms with Gasteiger partial charge in [-0.2, -0.15) is 4.98 Å². The van der Waals surface area contributed by atoms with Crippen LogP contribution in [0.1, 0.15) is 34.5 Å². The van der Waals surface area contributed by atoms with Gasteiger partial charge in [-0.3, -0.25) is 4.79 Å². The van der Waals surface area contributed by atoms with Gasteiger partial charge in [-0.1, -0.05) is 6.07 Å². The Bertz CT molecular complexity index is 998. The van der Waals surface area contributed by atoms with Crippen LogP contribution in [0.25, 0.3) is 5.78 Å². The topological polar surface area (TPSA) is 81.9 Å². The van der Waals surface area contributed by atoms with Crippen LogP contribution in [0.3, 0.4) is 0 Å². The van der Waals surface area contributed by atoms with Crippen molar-refractivity contribution in [3.8, 4) is 11.5 Å². The first-order valence-corrected chi connectivity index (χ1v) is 8.44. The smallest absolute Gasteiger partial charge is 0.293 e. The summed E-state index contributed by atoms with van der Waals surface area (Å²) < 4.78 is 12.3. The van der Waals surface area contributed by atoms with E-state index in [-0.39, 0.29) is 18.5 Å². The Hall–Kier alpha value is -3.16. The molecule has 1 aliphatic heterocycles. The minimum Gasteiger partial charge on any atom is -0.454 e. The molecule has 2 aromatic heterocycles. The molecule has 0 radical (unpaired) electrons. The summed E-state index contributed by atoms with van der Waals surface area (Å²) in [6.45, 7) is 6.93. The third-order valence-electron chi connectivity index (χ3n) is 4.29. The molecule has 0 N–H and O–H groups in total.